The molecule has 1 heterocycles. The van der Waals surface area contributed by atoms with E-state index in [0.29, 0.717) is 10.0 Å². The average Bonchev–Trinajstić information content (AvgIpc) is 2.33. The fourth-order valence-electron chi connectivity index (χ4n) is 1.47. The van der Waals surface area contributed by atoms with Crippen molar-refractivity contribution in [2.24, 2.45) is 0 Å². The molecule has 0 amide bonds. The van der Waals surface area contributed by atoms with E-state index >= 15 is 0 Å². The van der Waals surface area contributed by atoms with Gasteiger partial charge in [-0.1, -0.05) is 15.9 Å². The lowest BCUT2D eigenvalue weighted by molar-refractivity contribution is 0.194. The van der Waals surface area contributed by atoms with E-state index in [1.54, 1.807) is 25.1 Å². The molecule has 1 aromatic carbocycles. The molecule has 2 rings (SSSR count). The molecule has 1 unspecified atom stereocenters. The first kappa shape index (κ1) is 13.0. The average molecular weight is 312 g/mol. The summed E-state index contributed by atoms with van der Waals surface area (Å²) < 4.78 is 19.6. The number of benzene rings is 1. The summed E-state index contributed by atoms with van der Waals surface area (Å²) in [7, 11) is 0. The zero-order valence-corrected chi connectivity index (χ0v) is 11.2. The fraction of sp³-hybridized carbons (Fsp3) is 0.154. The van der Waals surface area contributed by atoms with Crippen LogP contribution in [0.15, 0.2) is 41.0 Å². The highest BCUT2D eigenvalue weighted by Gasteiger charge is 2.13. The van der Waals surface area contributed by atoms with Crippen molar-refractivity contribution in [3.8, 4) is 11.6 Å². The number of halogens is 2. The van der Waals surface area contributed by atoms with Gasteiger partial charge in [0.15, 0.2) is 11.6 Å². The summed E-state index contributed by atoms with van der Waals surface area (Å²) >= 11 is 3.17. The zero-order valence-electron chi connectivity index (χ0n) is 9.60. The molecule has 0 saturated carbocycles. The Labute approximate surface area is 112 Å². The Morgan fingerprint density at radius 2 is 2.17 bits per heavy atom. The summed E-state index contributed by atoms with van der Waals surface area (Å²) in [5, 5.41) is 9.57. The van der Waals surface area contributed by atoms with Gasteiger partial charge in [0.1, 0.15) is 0 Å². The SMILES string of the molecule is CC(O)c1cccnc1Oc1ccc(Br)cc1F. The number of hydrogen-bond donors (Lipinski definition) is 1. The topological polar surface area (TPSA) is 42.4 Å². The standard InChI is InChI=1S/C13H11BrFNO2/c1-8(17)10-3-2-6-16-13(10)18-12-5-4-9(14)7-11(12)15/h2-8,17H,1H3. The van der Waals surface area contributed by atoms with Gasteiger partial charge in [0.25, 0.3) is 0 Å². The van der Waals surface area contributed by atoms with Crippen LogP contribution < -0.4 is 4.74 Å². The van der Waals surface area contributed by atoms with Crippen molar-refractivity contribution in [2.75, 3.05) is 0 Å². The van der Waals surface area contributed by atoms with Crippen LogP contribution >= 0.6 is 15.9 Å². The molecule has 0 aliphatic carbocycles. The predicted octanol–water partition coefficient (Wildman–Crippen LogP) is 3.83. The summed E-state index contributed by atoms with van der Waals surface area (Å²) in [4.78, 5) is 4.00. The van der Waals surface area contributed by atoms with E-state index < -0.39 is 11.9 Å². The largest absolute Gasteiger partial charge is 0.436 e. The van der Waals surface area contributed by atoms with E-state index in [1.807, 2.05) is 0 Å². The van der Waals surface area contributed by atoms with Crippen molar-refractivity contribution >= 4 is 15.9 Å². The maximum absolute atomic E-state index is 13.6. The Morgan fingerprint density at radius 3 is 2.83 bits per heavy atom. The minimum absolute atomic E-state index is 0.0683. The third kappa shape index (κ3) is 2.86. The molecule has 3 nitrogen and oxygen atoms in total. The summed E-state index contributed by atoms with van der Waals surface area (Å²) in [6.07, 6.45) is 0.796. The minimum atomic E-state index is -0.729. The molecule has 0 bridgehead atoms. The smallest absolute Gasteiger partial charge is 0.225 e. The summed E-state index contributed by atoms with van der Waals surface area (Å²) in [5.41, 5.74) is 0.514. The van der Waals surface area contributed by atoms with Crippen molar-refractivity contribution < 1.29 is 14.2 Å². The highest BCUT2D eigenvalue weighted by molar-refractivity contribution is 9.10. The van der Waals surface area contributed by atoms with Crippen molar-refractivity contribution in [3.05, 3.63) is 52.4 Å². The van der Waals surface area contributed by atoms with E-state index in [0.717, 1.165) is 0 Å². The van der Waals surface area contributed by atoms with E-state index in [9.17, 15) is 9.50 Å². The number of aromatic nitrogens is 1. The Kier molecular flexibility index (Phi) is 3.93. The summed E-state index contributed by atoms with van der Waals surface area (Å²) in [6, 6.07) is 7.85. The van der Waals surface area contributed by atoms with Gasteiger partial charge in [0.05, 0.1) is 6.10 Å². The van der Waals surface area contributed by atoms with E-state index in [1.165, 1.54) is 18.3 Å². The molecule has 0 fully saturated rings. The van der Waals surface area contributed by atoms with Crippen molar-refractivity contribution in [3.63, 3.8) is 0 Å². The molecule has 18 heavy (non-hydrogen) atoms. The first-order valence-corrected chi connectivity index (χ1v) is 6.13. The lowest BCUT2D eigenvalue weighted by atomic mass is 10.2. The number of hydrogen-bond acceptors (Lipinski definition) is 3. The molecule has 1 aromatic heterocycles. The highest BCUT2D eigenvalue weighted by Crippen LogP contribution is 2.29. The zero-order chi connectivity index (χ0) is 13.1. The van der Waals surface area contributed by atoms with E-state index in [4.69, 9.17) is 4.74 Å². The molecule has 2 aromatic rings. The second-order valence-electron chi connectivity index (χ2n) is 3.75. The van der Waals surface area contributed by atoms with Crippen molar-refractivity contribution in [1.29, 1.82) is 0 Å². The number of nitrogens with zero attached hydrogens (tertiary/aromatic N) is 1. The van der Waals surface area contributed by atoms with Gasteiger partial charge in [-0.05, 0) is 37.3 Å². The van der Waals surface area contributed by atoms with Gasteiger partial charge < -0.3 is 9.84 Å². The molecular weight excluding hydrogens is 301 g/mol. The van der Waals surface area contributed by atoms with Gasteiger partial charge in [0.2, 0.25) is 5.88 Å². The number of aliphatic hydroxyl groups excluding tert-OH is 1. The normalized spacial score (nSPS) is 12.2. The third-order valence-electron chi connectivity index (χ3n) is 2.35. The lowest BCUT2D eigenvalue weighted by Gasteiger charge is -2.12. The van der Waals surface area contributed by atoms with E-state index in [-0.39, 0.29) is 11.6 Å². The van der Waals surface area contributed by atoms with Gasteiger partial charge in [-0.15, -0.1) is 0 Å². The van der Waals surface area contributed by atoms with Crippen LogP contribution in [0.2, 0.25) is 0 Å². The van der Waals surface area contributed by atoms with E-state index in [2.05, 4.69) is 20.9 Å². The van der Waals surface area contributed by atoms with Gasteiger partial charge >= 0.3 is 0 Å². The predicted molar refractivity (Wildman–Crippen MR) is 69.0 cm³/mol. The fourth-order valence-corrected chi connectivity index (χ4v) is 1.80. The number of aliphatic hydroxyl groups is 1. The van der Waals surface area contributed by atoms with Gasteiger partial charge in [-0.2, -0.15) is 0 Å². The van der Waals surface area contributed by atoms with Crippen LogP contribution in [0.3, 0.4) is 0 Å². The third-order valence-corrected chi connectivity index (χ3v) is 2.84. The number of ether oxygens (including phenoxy) is 1. The quantitative estimate of drug-likeness (QED) is 0.936. The van der Waals surface area contributed by atoms with Crippen LogP contribution in [-0.2, 0) is 0 Å². The molecule has 94 valence electrons. The van der Waals surface area contributed by atoms with Crippen LogP contribution in [-0.4, -0.2) is 10.1 Å². The first-order chi connectivity index (χ1) is 8.58. The second kappa shape index (κ2) is 5.46. The summed E-state index contributed by atoms with van der Waals surface area (Å²) in [5.74, 6) is -0.223. The van der Waals surface area contributed by atoms with Crippen LogP contribution in [0.25, 0.3) is 0 Å². The molecule has 1 atom stereocenters. The first-order valence-electron chi connectivity index (χ1n) is 5.34. The molecule has 0 aliphatic heterocycles. The van der Waals surface area contributed by atoms with Gasteiger partial charge in [-0.3, -0.25) is 0 Å². The van der Waals surface area contributed by atoms with Gasteiger partial charge in [0, 0.05) is 16.2 Å². The minimum Gasteiger partial charge on any atom is -0.436 e. The maximum atomic E-state index is 13.6. The Bertz CT molecular complexity index is 560. The van der Waals surface area contributed by atoms with Crippen LogP contribution in [0, 0.1) is 5.82 Å². The van der Waals surface area contributed by atoms with Crippen LogP contribution in [0.5, 0.6) is 11.6 Å². The monoisotopic (exact) mass is 311 g/mol. The molecule has 5 heteroatoms. The van der Waals surface area contributed by atoms with Gasteiger partial charge in [-0.25, -0.2) is 9.37 Å². The molecule has 0 aliphatic rings. The molecule has 0 radical (unpaired) electrons. The second-order valence-corrected chi connectivity index (χ2v) is 4.67. The molecule has 1 N–H and O–H groups in total. The Balaban J connectivity index is 2.34. The lowest BCUT2D eigenvalue weighted by Crippen LogP contribution is -1.99. The number of pyridine rings is 1. The highest BCUT2D eigenvalue weighted by atomic mass is 79.9. The molecular formula is C13H11BrFNO2. The molecule has 0 saturated heterocycles. The molecule has 0 spiro atoms. The van der Waals surface area contributed by atoms with Crippen LogP contribution in [0.4, 0.5) is 4.39 Å². The Hall–Kier alpha value is -1.46. The maximum Gasteiger partial charge on any atom is 0.225 e. The Morgan fingerprint density at radius 1 is 1.39 bits per heavy atom. The van der Waals surface area contributed by atoms with Crippen molar-refractivity contribution in [1.82, 2.24) is 4.98 Å². The number of rotatable bonds is 3. The van der Waals surface area contributed by atoms with Crippen LogP contribution in [0.1, 0.15) is 18.6 Å². The summed E-state index contributed by atoms with van der Waals surface area (Å²) in [6.45, 7) is 1.60. The van der Waals surface area contributed by atoms with Crippen molar-refractivity contribution in [2.45, 2.75) is 13.0 Å².